The van der Waals surface area contributed by atoms with Crippen molar-refractivity contribution in [2.75, 3.05) is 19.7 Å². The van der Waals surface area contributed by atoms with Gasteiger partial charge in [0, 0.05) is 36.1 Å². The average Bonchev–Trinajstić information content (AvgIpc) is 2.58. The molecule has 0 unspecified atom stereocenters. The number of pyridine rings is 1. The lowest BCUT2D eigenvalue weighted by Gasteiger charge is -2.14. The lowest BCUT2D eigenvalue weighted by Crippen LogP contribution is -2.34. The van der Waals surface area contributed by atoms with E-state index in [1.165, 1.54) is 0 Å². The summed E-state index contributed by atoms with van der Waals surface area (Å²) < 4.78 is 5.79. The Balaban J connectivity index is 2.15. The fourth-order valence-corrected chi connectivity index (χ4v) is 2.64. The minimum Gasteiger partial charge on any atom is -0.478 e. The predicted octanol–water partition coefficient (Wildman–Crippen LogP) is 3.68. The van der Waals surface area contributed by atoms with Crippen molar-refractivity contribution in [3.8, 4) is 5.88 Å². The monoisotopic (exact) mass is 345 g/mol. The maximum atomic E-state index is 5.79. The smallest absolute Gasteiger partial charge is 0.214 e. The third-order valence-corrected chi connectivity index (χ3v) is 4.01. The van der Waals surface area contributed by atoms with E-state index in [4.69, 9.17) is 17.0 Å². The number of fused-ring (bicyclic) bond motifs is 1. The number of hydrogen-bond acceptors (Lipinski definition) is 4. The van der Waals surface area contributed by atoms with Gasteiger partial charge in [-0.3, -0.25) is 0 Å². The Morgan fingerprint density at radius 2 is 2.04 bits per heavy atom. The van der Waals surface area contributed by atoms with Crippen molar-refractivity contribution in [2.45, 2.75) is 39.7 Å². The molecule has 130 valence electrons. The van der Waals surface area contributed by atoms with E-state index in [0.29, 0.717) is 18.5 Å². The summed E-state index contributed by atoms with van der Waals surface area (Å²) >= 11 is 5.60. The van der Waals surface area contributed by atoms with E-state index < -0.39 is 0 Å². The topological polar surface area (TPSA) is 46.2 Å². The molecule has 1 aromatic heterocycles. The Hall–Kier alpha value is -1.72. The summed E-state index contributed by atoms with van der Waals surface area (Å²) in [6.45, 7) is 8.76. The van der Waals surface area contributed by atoms with Crippen molar-refractivity contribution < 1.29 is 4.74 Å². The number of ether oxygens (including phenoxy) is 1. The van der Waals surface area contributed by atoms with E-state index in [-0.39, 0.29) is 0 Å². The Morgan fingerprint density at radius 3 is 2.79 bits per heavy atom. The first-order valence-electron chi connectivity index (χ1n) is 8.66. The quantitative estimate of drug-likeness (QED) is 0.536. The highest BCUT2D eigenvalue weighted by atomic mass is 32.1. The van der Waals surface area contributed by atoms with E-state index in [1.54, 1.807) is 0 Å². The van der Waals surface area contributed by atoms with Gasteiger partial charge in [0.1, 0.15) is 4.99 Å². The Labute approximate surface area is 150 Å². The molecule has 0 spiro atoms. The van der Waals surface area contributed by atoms with E-state index >= 15 is 0 Å². The number of para-hydroxylation sites is 1. The number of nitrogens with one attached hydrogen (secondary N) is 2. The van der Waals surface area contributed by atoms with Crippen LogP contribution >= 0.6 is 12.2 Å². The van der Waals surface area contributed by atoms with Crippen molar-refractivity contribution in [3.63, 3.8) is 0 Å². The van der Waals surface area contributed by atoms with Crippen molar-refractivity contribution >= 4 is 28.1 Å². The highest BCUT2D eigenvalue weighted by molar-refractivity contribution is 7.80. The molecule has 0 amide bonds. The minimum absolute atomic E-state index is 0.473. The second kappa shape index (κ2) is 9.55. The number of rotatable bonds is 9. The van der Waals surface area contributed by atoms with Gasteiger partial charge in [0.2, 0.25) is 5.88 Å². The van der Waals surface area contributed by atoms with Gasteiger partial charge in [-0.25, -0.2) is 4.98 Å². The molecule has 24 heavy (non-hydrogen) atoms. The third-order valence-electron chi connectivity index (χ3n) is 3.65. The van der Waals surface area contributed by atoms with Crippen molar-refractivity contribution in [2.24, 2.45) is 0 Å². The molecule has 2 aromatic rings. The molecule has 0 radical (unpaired) electrons. The van der Waals surface area contributed by atoms with Gasteiger partial charge >= 0.3 is 0 Å². The van der Waals surface area contributed by atoms with Crippen LogP contribution in [0.1, 0.15) is 39.2 Å². The zero-order valence-corrected chi connectivity index (χ0v) is 15.6. The molecule has 5 heteroatoms. The summed E-state index contributed by atoms with van der Waals surface area (Å²) in [5.41, 5.74) is 1.89. The van der Waals surface area contributed by atoms with Gasteiger partial charge < -0.3 is 15.4 Å². The van der Waals surface area contributed by atoms with E-state index in [9.17, 15) is 0 Å². The molecule has 0 aliphatic carbocycles. The SMILES string of the molecule is CCCCOc1cc(C(=S)NCCNC(C)C)c2ccccc2n1. The van der Waals surface area contributed by atoms with Crippen LogP contribution in [0.3, 0.4) is 0 Å². The van der Waals surface area contributed by atoms with Gasteiger partial charge in [-0.15, -0.1) is 0 Å². The molecular formula is C19H27N3OS. The molecule has 0 fully saturated rings. The minimum atomic E-state index is 0.473. The summed E-state index contributed by atoms with van der Waals surface area (Å²) in [4.78, 5) is 5.32. The van der Waals surface area contributed by atoms with Crippen molar-refractivity contribution in [1.82, 2.24) is 15.6 Å². The molecule has 0 aliphatic heterocycles. The first kappa shape index (κ1) is 18.6. The van der Waals surface area contributed by atoms with Gasteiger partial charge in [0.05, 0.1) is 12.1 Å². The first-order valence-corrected chi connectivity index (χ1v) is 9.06. The second-order valence-corrected chi connectivity index (χ2v) is 6.50. The summed E-state index contributed by atoms with van der Waals surface area (Å²) in [6.07, 6.45) is 2.12. The molecule has 1 heterocycles. The summed E-state index contributed by atoms with van der Waals surface area (Å²) in [5.74, 6) is 0.640. The molecule has 0 saturated heterocycles. The number of unbranched alkanes of at least 4 members (excludes halogenated alkanes) is 1. The maximum absolute atomic E-state index is 5.79. The first-order chi connectivity index (χ1) is 11.6. The number of nitrogens with zero attached hydrogens (tertiary/aromatic N) is 1. The van der Waals surface area contributed by atoms with Crippen molar-refractivity contribution in [1.29, 1.82) is 0 Å². The highest BCUT2D eigenvalue weighted by Crippen LogP contribution is 2.22. The zero-order valence-electron chi connectivity index (χ0n) is 14.8. The molecule has 1 aromatic carbocycles. The van der Waals surface area contributed by atoms with E-state index in [1.807, 2.05) is 30.3 Å². The van der Waals surface area contributed by atoms with Crippen LogP contribution in [0.2, 0.25) is 0 Å². The molecule has 0 bridgehead atoms. The standard InChI is InChI=1S/C19H27N3OS/c1-4-5-12-23-18-13-16(15-8-6-7-9-17(15)22-18)19(24)21-11-10-20-14(2)3/h6-9,13-14,20H,4-5,10-12H2,1-3H3,(H,21,24). The fraction of sp³-hybridized carbons (Fsp3) is 0.474. The summed E-state index contributed by atoms with van der Waals surface area (Å²) in [6, 6.07) is 10.5. The number of aromatic nitrogens is 1. The largest absolute Gasteiger partial charge is 0.478 e. The Bertz CT molecular complexity index is 673. The summed E-state index contributed by atoms with van der Waals surface area (Å²) in [5, 5.41) is 7.75. The highest BCUT2D eigenvalue weighted by Gasteiger charge is 2.10. The molecule has 4 nitrogen and oxygen atoms in total. The molecule has 0 saturated carbocycles. The number of thiocarbonyl (C=S) groups is 1. The maximum Gasteiger partial charge on any atom is 0.214 e. The third kappa shape index (κ3) is 5.42. The molecule has 2 N–H and O–H groups in total. The number of hydrogen-bond donors (Lipinski definition) is 2. The summed E-state index contributed by atoms with van der Waals surface area (Å²) in [7, 11) is 0. The average molecular weight is 346 g/mol. The predicted molar refractivity (Wildman–Crippen MR) is 105 cm³/mol. The van der Waals surface area contributed by atoms with Crippen LogP contribution in [0.25, 0.3) is 10.9 Å². The van der Waals surface area contributed by atoms with Crippen LogP contribution in [0, 0.1) is 0 Å². The zero-order chi connectivity index (χ0) is 17.4. The number of benzene rings is 1. The lowest BCUT2D eigenvalue weighted by molar-refractivity contribution is 0.299. The van der Waals surface area contributed by atoms with Crippen LogP contribution in [0.4, 0.5) is 0 Å². The second-order valence-electron chi connectivity index (χ2n) is 6.09. The lowest BCUT2D eigenvalue weighted by atomic mass is 10.1. The molecule has 2 rings (SSSR count). The van der Waals surface area contributed by atoms with Crippen LogP contribution in [0.5, 0.6) is 5.88 Å². The Morgan fingerprint density at radius 1 is 1.25 bits per heavy atom. The van der Waals surface area contributed by atoms with Crippen molar-refractivity contribution in [3.05, 3.63) is 35.9 Å². The molecular weight excluding hydrogens is 318 g/mol. The van der Waals surface area contributed by atoms with Gasteiger partial charge in [0.25, 0.3) is 0 Å². The molecule has 0 atom stereocenters. The van der Waals surface area contributed by atoms with Crippen LogP contribution in [-0.2, 0) is 0 Å². The fourth-order valence-electron chi connectivity index (χ4n) is 2.37. The van der Waals surface area contributed by atoms with Gasteiger partial charge in [-0.1, -0.05) is 57.6 Å². The van der Waals surface area contributed by atoms with Crippen LogP contribution < -0.4 is 15.4 Å². The molecule has 0 aliphatic rings. The van der Waals surface area contributed by atoms with Gasteiger partial charge in [0.15, 0.2) is 0 Å². The Kier molecular flexibility index (Phi) is 7.40. The van der Waals surface area contributed by atoms with E-state index in [0.717, 1.165) is 47.4 Å². The van der Waals surface area contributed by atoms with Crippen LogP contribution in [0.15, 0.2) is 30.3 Å². The van der Waals surface area contributed by atoms with Gasteiger partial charge in [-0.05, 0) is 12.5 Å². The van der Waals surface area contributed by atoms with E-state index in [2.05, 4.69) is 36.4 Å². The normalized spacial score (nSPS) is 11.0. The van der Waals surface area contributed by atoms with Crippen LogP contribution in [-0.4, -0.2) is 35.7 Å². The van der Waals surface area contributed by atoms with Gasteiger partial charge in [-0.2, -0.15) is 0 Å².